The van der Waals surface area contributed by atoms with E-state index in [0.29, 0.717) is 10.2 Å². The second-order valence-electron chi connectivity index (χ2n) is 2.73. The Morgan fingerprint density at radius 2 is 2.40 bits per heavy atom. The number of carboxylic acid groups (broad SMARTS) is 1. The average molecular weight is 273 g/mol. The fourth-order valence-corrected chi connectivity index (χ4v) is 1.56. The molecule has 0 aliphatic carbocycles. The van der Waals surface area contributed by atoms with Crippen LogP contribution in [-0.4, -0.2) is 31.0 Å². The predicted octanol–water partition coefficient (Wildman–Crippen LogP) is 0.931. The standard InChI is InChI=1S/C7H5BrN4O3/c1-12-2-3(8)4(10-12)6-9-5(7(13)14)11-15-6/h2H,1H3,(H,13,14). The number of carboxylic acids is 1. The van der Waals surface area contributed by atoms with Crippen molar-refractivity contribution in [3.05, 3.63) is 16.5 Å². The van der Waals surface area contributed by atoms with E-state index >= 15 is 0 Å². The first-order valence-corrected chi connectivity index (χ1v) is 4.63. The molecule has 2 heterocycles. The van der Waals surface area contributed by atoms with Crippen molar-refractivity contribution in [1.82, 2.24) is 19.9 Å². The van der Waals surface area contributed by atoms with E-state index in [1.165, 1.54) is 0 Å². The van der Waals surface area contributed by atoms with Crippen LogP contribution in [0.1, 0.15) is 10.6 Å². The van der Waals surface area contributed by atoms with Crippen molar-refractivity contribution >= 4 is 21.9 Å². The molecule has 78 valence electrons. The van der Waals surface area contributed by atoms with Gasteiger partial charge in [0.25, 0.3) is 11.7 Å². The number of hydrogen-bond acceptors (Lipinski definition) is 5. The third kappa shape index (κ3) is 1.75. The van der Waals surface area contributed by atoms with Crippen molar-refractivity contribution in [1.29, 1.82) is 0 Å². The number of hydrogen-bond donors (Lipinski definition) is 1. The molecule has 2 aromatic rings. The van der Waals surface area contributed by atoms with Gasteiger partial charge in [0.15, 0.2) is 5.69 Å². The summed E-state index contributed by atoms with van der Waals surface area (Å²) in [5.41, 5.74) is 0.414. The van der Waals surface area contributed by atoms with Crippen LogP contribution in [0.4, 0.5) is 0 Å². The minimum absolute atomic E-state index is 0.0693. The molecule has 0 atom stereocenters. The fraction of sp³-hybridized carbons (Fsp3) is 0.143. The number of aromatic carboxylic acids is 1. The van der Waals surface area contributed by atoms with Crippen molar-refractivity contribution in [3.63, 3.8) is 0 Å². The maximum atomic E-state index is 10.5. The van der Waals surface area contributed by atoms with Gasteiger partial charge in [0.1, 0.15) is 0 Å². The summed E-state index contributed by atoms with van der Waals surface area (Å²) >= 11 is 3.24. The van der Waals surface area contributed by atoms with E-state index in [9.17, 15) is 4.79 Å². The number of nitrogens with zero attached hydrogens (tertiary/aromatic N) is 4. The van der Waals surface area contributed by atoms with Gasteiger partial charge in [-0.3, -0.25) is 4.68 Å². The molecule has 0 aliphatic heterocycles. The number of aromatic nitrogens is 4. The van der Waals surface area contributed by atoms with Crippen LogP contribution in [0.5, 0.6) is 0 Å². The van der Waals surface area contributed by atoms with E-state index in [2.05, 4.69) is 31.2 Å². The summed E-state index contributed by atoms with van der Waals surface area (Å²) in [4.78, 5) is 14.2. The van der Waals surface area contributed by atoms with Gasteiger partial charge in [0.05, 0.1) is 4.47 Å². The Bertz CT molecular complexity index is 518. The van der Waals surface area contributed by atoms with E-state index in [-0.39, 0.29) is 11.7 Å². The smallest absolute Gasteiger partial charge is 0.377 e. The van der Waals surface area contributed by atoms with Gasteiger partial charge in [-0.2, -0.15) is 10.1 Å². The molecule has 7 nitrogen and oxygen atoms in total. The molecule has 2 aromatic heterocycles. The summed E-state index contributed by atoms with van der Waals surface area (Å²) in [6, 6.07) is 0. The van der Waals surface area contributed by atoms with Crippen LogP contribution in [0.15, 0.2) is 15.2 Å². The highest BCUT2D eigenvalue weighted by molar-refractivity contribution is 9.10. The van der Waals surface area contributed by atoms with Crippen LogP contribution >= 0.6 is 15.9 Å². The van der Waals surface area contributed by atoms with Crippen LogP contribution in [0.2, 0.25) is 0 Å². The van der Waals surface area contributed by atoms with Gasteiger partial charge >= 0.3 is 5.97 Å². The predicted molar refractivity (Wildman–Crippen MR) is 51.2 cm³/mol. The fourth-order valence-electron chi connectivity index (χ4n) is 1.01. The molecule has 0 amide bonds. The minimum Gasteiger partial charge on any atom is -0.475 e. The third-order valence-electron chi connectivity index (χ3n) is 1.60. The minimum atomic E-state index is -1.24. The summed E-state index contributed by atoms with van der Waals surface area (Å²) in [5, 5.41) is 15.9. The first-order valence-electron chi connectivity index (χ1n) is 3.84. The number of rotatable bonds is 2. The largest absolute Gasteiger partial charge is 0.475 e. The zero-order valence-corrected chi connectivity index (χ0v) is 9.09. The highest BCUT2D eigenvalue weighted by Gasteiger charge is 2.18. The van der Waals surface area contributed by atoms with Gasteiger partial charge in [-0.25, -0.2) is 4.79 Å². The lowest BCUT2D eigenvalue weighted by atomic mass is 10.4. The molecule has 8 heteroatoms. The second kappa shape index (κ2) is 3.46. The van der Waals surface area contributed by atoms with Crippen molar-refractivity contribution in [2.24, 2.45) is 7.05 Å². The van der Waals surface area contributed by atoms with Gasteiger partial charge in [-0.1, -0.05) is 0 Å². The Labute approximate surface area is 91.8 Å². The molecule has 2 rings (SSSR count). The summed E-state index contributed by atoms with van der Waals surface area (Å²) < 4.78 is 6.96. The highest BCUT2D eigenvalue weighted by atomic mass is 79.9. The molecule has 0 bridgehead atoms. The normalized spacial score (nSPS) is 10.5. The SMILES string of the molecule is Cn1cc(Br)c(-c2nc(C(=O)O)no2)n1. The summed E-state index contributed by atoms with van der Waals surface area (Å²) in [7, 11) is 1.72. The topological polar surface area (TPSA) is 94.0 Å². The Kier molecular flexibility index (Phi) is 2.27. The van der Waals surface area contributed by atoms with Crippen molar-refractivity contribution in [2.45, 2.75) is 0 Å². The number of aryl methyl sites for hydroxylation is 1. The van der Waals surface area contributed by atoms with Crippen LogP contribution in [0.25, 0.3) is 11.6 Å². The molecular formula is C7H5BrN4O3. The van der Waals surface area contributed by atoms with Crippen molar-refractivity contribution in [2.75, 3.05) is 0 Å². The number of halogens is 1. The lowest BCUT2D eigenvalue weighted by molar-refractivity contribution is 0.0680. The van der Waals surface area contributed by atoms with E-state index in [1.54, 1.807) is 17.9 Å². The molecule has 0 aromatic carbocycles. The molecule has 1 N–H and O–H groups in total. The van der Waals surface area contributed by atoms with Crippen LogP contribution in [0, 0.1) is 0 Å². The maximum Gasteiger partial charge on any atom is 0.377 e. The van der Waals surface area contributed by atoms with Gasteiger partial charge in [0.2, 0.25) is 0 Å². The Balaban J connectivity index is 2.45. The highest BCUT2D eigenvalue weighted by Crippen LogP contribution is 2.24. The van der Waals surface area contributed by atoms with Crippen LogP contribution in [0.3, 0.4) is 0 Å². The zero-order valence-electron chi connectivity index (χ0n) is 7.51. The monoisotopic (exact) mass is 272 g/mol. The molecule has 0 unspecified atom stereocenters. The molecule has 0 saturated heterocycles. The summed E-state index contributed by atoms with van der Waals surface area (Å²) in [6.07, 6.45) is 1.69. The van der Waals surface area contributed by atoms with E-state index < -0.39 is 5.97 Å². The molecule has 0 radical (unpaired) electrons. The third-order valence-corrected chi connectivity index (χ3v) is 2.18. The Morgan fingerprint density at radius 1 is 1.67 bits per heavy atom. The molecule has 0 spiro atoms. The van der Waals surface area contributed by atoms with Gasteiger partial charge in [-0.05, 0) is 21.1 Å². The molecule has 0 saturated carbocycles. The quantitative estimate of drug-likeness (QED) is 0.874. The van der Waals surface area contributed by atoms with Gasteiger partial charge in [0, 0.05) is 13.2 Å². The first kappa shape index (κ1) is 9.84. The number of carbonyl (C=O) groups is 1. The second-order valence-corrected chi connectivity index (χ2v) is 3.58. The van der Waals surface area contributed by atoms with Crippen molar-refractivity contribution < 1.29 is 14.4 Å². The zero-order chi connectivity index (χ0) is 11.0. The maximum absolute atomic E-state index is 10.5. The molecule has 15 heavy (non-hydrogen) atoms. The van der Waals surface area contributed by atoms with Gasteiger partial charge < -0.3 is 9.63 Å². The Hall–Kier alpha value is -1.70. The summed E-state index contributed by atoms with van der Waals surface area (Å²) in [6.45, 7) is 0. The van der Waals surface area contributed by atoms with Crippen LogP contribution < -0.4 is 0 Å². The van der Waals surface area contributed by atoms with E-state index in [4.69, 9.17) is 9.63 Å². The van der Waals surface area contributed by atoms with E-state index in [0.717, 1.165) is 0 Å². The first-order chi connectivity index (χ1) is 7.08. The van der Waals surface area contributed by atoms with Crippen LogP contribution in [-0.2, 0) is 7.05 Å². The molecule has 0 aliphatic rings. The lowest BCUT2D eigenvalue weighted by Gasteiger charge is -1.85. The molecular weight excluding hydrogens is 268 g/mol. The Morgan fingerprint density at radius 3 is 2.87 bits per heavy atom. The van der Waals surface area contributed by atoms with E-state index in [1.807, 2.05) is 0 Å². The van der Waals surface area contributed by atoms with Crippen molar-refractivity contribution in [3.8, 4) is 11.6 Å². The summed E-state index contributed by atoms with van der Waals surface area (Å²) in [5.74, 6) is -1.56. The van der Waals surface area contributed by atoms with Gasteiger partial charge in [-0.15, -0.1) is 0 Å². The lowest BCUT2D eigenvalue weighted by Crippen LogP contribution is -1.98. The average Bonchev–Trinajstić information content (AvgIpc) is 2.71. The molecule has 0 fully saturated rings.